The molecule has 4 nitrogen and oxygen atoms in total. The quantitative estimate of drug-likeness (QED) is 0.488. The molecule has 6 heteroatoms. The summed E-state index contributed by atoms with van der Waals surface area (Å²) in [5.41, 5.74) is 5.39. The van der Waals surface area contributed by atoms with Crippen molar-refractivity contribution >= 4 is 35.7 Å². The molecule has 1 aromatic carbocycles. The number of benzene rings is 1. The summed E-state index contributed by atoms with van der Waals surface area (Å²) in [5, 5.41) is 0. The van der Waals surface area contributed by atoms with Crippen molar-refractivity contribution < 1.29 is 8.81 Å². The number of aryl methyl sites for hydroxylation is 1. The maximum atomic E-state index is 13.3. The first-order chi connectivity index (χ1) is 12.1. The van der Waals surface area contributed by atoms with Gasteiger partial charge in [-0.2, -0.15) is 0 Å². The number of pyridine rings is 1. The van der Waals surface area contributed by atoms with E-state index in [1.165, 1.54) is 12.1 Å². The molecule has 4 aromatic rings. The van der Waals surface area contributed by atoms with Gasteiger partial charge in [-0.15, -0.1) is 12.4 Å². The first-order valence-corrected chi connectivity index (χ1v) is 7.95. The molecule has 0 saturated heterocycles. The molecule has 0 aliphatic rings. The number of fused-ring (bicyclic) bond motifs is 1. The first-order valence-electron chi connectivity index (χ1n) is 7.95. The van der Waals surface area contributed by atoms with E-state index in [4.69, 9.17) is 4.42 Å². The Bertz CT molecular complexity index is 1080. The molecule has 0 aliphatic heterocycles. The third kappa shape index (κ3) is 3.26. The highest BCUT2D eigenvalue weighted by molar-refractivity contribution is 5.85. The smallest absolute Gasteiger partial charge is 0.220 e. The minimum atomic E-state index is -0.323. The number of aromatic nitrogens is 3. The lowest BCUT2D eigenvalue weighted by Crippen LogP contribution is -1.99. The van der Waals surface area contributed by atoms with E-state index in [2.05, 4.69) is 34.4 Å². The van der Waals surface area contributed by atoms with Gasteiger partial charge in [0.2, 0.25) is 5.89 Å². The molecule has 3 heterocycles. The summed E-state index contributed by atoms with van der Waals surface area (Å²) in [4.78, 5) is 8.48. The van der Waals surface area contributed by atoms with Crippen molar-refractivity contribution in [3.8, 4) is 5.69 Å². The Morgan fingerprint density at radius 1 is 1.12 bits per heavy atom. The fraction of sp³-hybridized carbons (Fsp3) is 0.100. The Hall–Kier alpha value is -2.92. The molecule has 4 rings (SSSR count). The third-order valence-corrected chi connectivity index (χ3v) is 4.15. The summed E-state index contributed by atoms with van der Waals surface area (Å²) in [6, 6.07) is 10.4. The maximum Gasteiger partial charge on any atom is 0.220 e. The molecule has 0 bridgehead atoms. The molecule has 26 heavy (non-hydrogen) atoms. The van der Waals surface area contributed by atoms with Gasteiger partial charge in [0.05, 0.1) is 11.9 Å². The SMILES string of the molecule is Cc1cc(C=Cc2nc3cc(F)ccc3o2)c(C)n1-c1cccnc1.Cl. The van der Waals surface area contributed by atoms with Crippen molar-refractivity contribution in [2.24, 2.45) is 0 Å². The van der Waals surface area contributed by atoms with Crippen LogP contribution in [-0.4, -0.2) is 14.5 Å². The van der Waals surface area contributed by atoms with Gasteiger partial charge in [0.15, 0.2) is 5.58 Å². The number of rotatable bonds is 3. The molecule has 0 spiro atoms. The molecule has 0 unspecified atom stereocenters. The second-order valence-electron chi connectivity index (χ2n) is 5.87. The van der Waals surface area contributed by atoms with Crippen LogP contribution < -0.4 is 0 Å². The largest absolute Gasteiger partial charge is 0.437 e. The molecule has 0 aliphatic carbocycles. The van der Waals surface area contributed by atoms with Crippen LogP contribution in [0.1, 0.15) is 22.8 Å². The van der Waals surface area contributed by atoms with Crippen molar-refractivity contribution in [3.63, 3.8) is 0 Å². The zero-order valence-electron chi connectivity index (χ0n) is 14.3. The predicted molar refractivity (Wildman–Crippen MR) is 103 cm³/mol. The summed E-state index contributed by atoms with van der Waals surface area (Å²) in [6.07, 6.45) is 7.35. The van der Waals surface area contributed by atoms with Crippen LogP contribution in [0.4, 0.5) is 4.39 Å². The van der Waals surface area contributed by atoms with Crippen LogP contribution in [0.2, 0.25) is 0 Å². The van der Waals surface area contributed by atoms with Gasteiger partial charge >= 0.3 is 0 Å². The monoisotopic (exact) mass is 369 g/mol. The standard InChI is InChI=1S/C20H16FN3O.ClH/c1-13-10-15(14(2)24(13)17-4-3-9-22-12-17)5-8-20-23-18-11-16(21)6-7-19(18)25-20;/h3-12H,1-2H3;1H. The second kappa shape index (κ2) is 7.14. The Kier molecular flexibility index (Phi) is 4.91. The van der Waals surface area contributed by atoms with Gasteiger partial charge in [0.25, 0.3) is 0 Å². The molecule has 132 valence electrons. The van der Waals surface area contributed by atoms with E-state index in [1.807, 2.05) is 24.4 Å². The van der Waals surface area contributed by atoms with Gasteiger partial charge < -0.3 is 8.98 Å². The molecular formula is C20H17ClFN3O. The average molecular weight is 370 g/mol. The lowest BCUT2D eigenvalue weighted by atomic mass is 10.2. The Balaban J connectivity index is 0.00000196. The molecule has 0 radical (unpaired) electrons. The molecular weight excluding hydrogens is 353 g/mol. The van der Waals surface area contributed by atoms with Gasteiger partial charge in [-0.1, -0.05) is 0 Å². The van der Waals surface area contributed by atoms with Gasteiger partial charge in [0.1, 0.15) is 11.3 Å². The Morgan fingerprint density at radius 3 is 2.73 bits per heavy atom. The van der Waals surface area contributed by atoms with E-state index >= 15 is 0 Å². The van der Waals surface area contributed by atoms with Gasteiger partial charge in [-0.25, -0.2) is 9.37 Å². The van der Waals surface area contributed by atoms with E-state index in [0.717, 1.165) is 22.6 Å². The maximum absolute atomic E-state index is 13.3. The Morgan fingerprint density at radius 2 is 1.96 bits per heavy atom. The second-order valence-corrected chi connectivity index (χ2v) is 5.87. The summed E-state index contributed by atoms with van der Waals surface area (Å²) < 4.78 is 21.0. The first kappa shape index (κ1) is 17.9. The van der Waals surface area contributed by atoms with Crippen LogP contribution in [-0.2, 0) is 0 Å². The van der Waals surface area contributed by atoms with Crippen LogP contribution in [0.3, 0.4) is 0 Å². The fourth-order valence-electron chi connectivity index (χ4n) is 2.99. The van der Waals surface area contributed by atoms with Crippen molar-refractivity contribution in [2.75, 3.05) is 0 Å². The van der Waals surface area contributed by atoms with Crippen LogP contribution in [0, 0.1) is 19.7 Å². The number of oxazole rings is 1. The third-order valence-electron chi connectivity index (χ3n) is 4.15. The lowest BCUT2D eigenvalue weighted by Gasteiger charge is -2.08. The number of hydrogen-bond donors (Lipinski definition) is 0. The van der Waals surface area contributed by atoms with E-state index in [0.29, 0.717) is 17.0 Å². The molecule has 0 N–H and O–H groups in total. The number of halogens is 2. The van der Waals surface area contributed by atoms with Crippen molar-refractivity contribution in [1.29, 1.82) is 0 Å². The summed E-state index contributed by atoms with van der Waals surface area (Å²) in [6.45, 7) is 4.11. The normalized spacial score (nSPS) is 11.2. The molecule has 0 saturated carbocycles. The number of hydrogen-bond acceptors (Lipinski definition) is 3. The summed E-state index contributed by atoms with van der Waals surface area (Å²) in [7, 11) is 0. The molecule has 3 aromatic heterocycles. The average Bonchev–Trinajstić information content (AvgIpc) is 3.13. The highest BCUT2D eigenvalue weighted by Crippen LogP contribution is 2.23. The predicted octanol–water partition coefficient (Wildman–Crippen LogP) is 5.36. The Labute approximate surface area is 156 Å². The molecule has 0 amide bonds. The number of nitrogens with zero attached hydrogens (tertiary/aromatic N) is 3. The van der Waals surface area contributed by atoms with Gasteiger partial charge in [-0.05, 0) is 55.8 Å². The minimum Gasteiger partial charge on any atom is -0.437 e. The van der Waals surface area contributed by atoms with Gasteiger partial charge in [-0.3, -0.25) is 4.98 Å². The topological polar surface area (TPSA) is 43.9 Å². The van der Waals surface area contributed by atoms with E-state index in [9.17, 15) is 4.39 Å². The molecule has 0 atom stereocenters. The highest BCUT2D eigenvalue weighted by Gasteiger charge is 2.09. The van der Waals surface area contributed by atoms with E-state index < -0.39 is 0 Å². The van der Waals surface area contributed by atoms with Crippen LogP contribution in [0.25, 0.3) is 28.9 Å². The zero-order chi connectivity index (χ0) is 17.4. The van der Waals surface area contributed by atoms with Gasteiger partial charge in [0, 0.05) is 29.7 Å². The zero-order valence-corrected chi connectivity index (χ0v) is 15.1. The summed E-state index contributed by atoms with van der Waals surface area (Å²) >= 11 is 0. The van der Waals surface area contributed by atoms with Crippen molar-refractivity contribution in [1.82, 2.24) is 14.5 Å². The van der Waals surface area contributed by atoms with Crippen molar-refractivity contribution in [2.45, 2.75) is 13.8 Å². The van der Waals surface area contributed by atoms with Crippen LogP contribution in [0.5, 0.6) is 0 Å². The van der Waals surface area contributed by atoms with E-state index in [-0.39, 0.29) is 18.2 Å². The summed E-state index contributed by atoms with van der Waals surface area (Å²) in [5.74, 6) is 0.128. The lowest BCUT2D eigenvalue weighted by molar-refractivity contribution is 0.588. The van der Waals surface area contributed by atoms with Crippen LogP contribution >= 0.6 is 12.4 Å². The van der Waals surface area contributed by atoms with Crippen molar-refractivity contribution in [3.05, 3.63) is 77.5 Å². The highest BCUT2D eigenvalue weighted by atomic mass is 35.5. The molecule has 0 fully saturated rings. The minimum absolute atomic E-state index is 0. The fourth-order valence-corrected chi connectivity index (χ4v) is 2.99. The van der Waals surface area contributed by atoms with E-state index in [1.54, 1.807) is 18.3 Å². The van der Waals surface area contributed by atoms with Crippen LogP contribution in [0.15, 0.2) is 53.2 Å².